The van der Waals surface area contributed by atoms with E-state index in [1.54, 1.807) is 0 Å². The number of aromatic nitrogens is 1. The van der Waals surface area contributed by atoms with Gasteiger partial charge in [0, 0.05) is 22.8 Å². The summed E-state index contributed by atoms with van der Waals surface area (Å²) in [7, 11) is 0. The molecule has 0 amide bonds. The first kappa shape index (κ1) is 13.5. The summed E-state index contributed by atoms with van der Waals surface area (Å²) in [5, 5.41) is 2.13. The standard InChI is InChI=1S/C12H19BrN2OS/c1-8-7-16-11(4-13)5-15(8)6-12-14-9(2)10(3)17-12/h8,11H,4-7H2,1-3H3. The van der Waals surface area contributed by atoms with Crippen LogP contribution in [-0.2, 0) is 11.3 Å². The Kier molecular flexibility index (Phi) is 4.58. The summed E-state index contributed by atoms with van der Waals surface area (Å²) in [5.41, 5.74) is 1.17. The average molecular weight is 319 g/mol. The molecule has 5 heteroatoms. The number of thiazole rings is 1. The molecule has 96 valence electrons. The Morgan fingerprint density at radius 2 is 2.29 bits per heavy atom. The number of ether oxygens (including phenoxy) is 1. The third-order valence-corrected chi connectivity index (χ3v) is 5.00. The van der Waals surface area contributed by atoms with Crippen molar-refractivity contribution in [3.05, 3.63) is 15.6 Å². The van der Waals surface area contributed by atoms with E-state index in [4.69, 9.17) is 4.74 Å². The third-order valence-electron chi connectivity index (χ3n) is 3.22. The van der Waals surface area contributed by atoms with Gasteiger partial charge in [-0.2, -0.15) is 0 Å². The molecule has 0 aromatic carbocycles. The number of morpholine rings is 1. The lowest BCUT2D eigenvalue weighted by Crippen LogP contribution is -2.48. The van der Waals surface area contributed by atoms with Gasteiger partial charge >= 0.3 is 0 Å². The molecule has 2 heterocycles. The highest BCUT2D eigenvalue weighted by Gasteiger charge is 2.26. The normalized spacial score (nSPS) is 26.4. The number of nitrogens with zero attached hydrogens (tertiary/aromatic N) is 2. The molecular weight excluding hydrogens is 300 g/mol. The Morgan fingerprint density at radius 3 is 2.88 bits per heavy atom. The SMILES string of the molecule is Cc1nc(CN2CC(CBr)OCC2C)sc1C. The molecule has 0 radical (unpaired) electrons. The molecule has 0 spiro atoms. The van der Waals surface area contributed by atoms with Crippen LogP contribution in [0.3, 0.4) is 0 Å². The van der Waals surface area contributed by atoms with E-state index in [9.17, 15) is 0 Å². The van der Waals surface area contributed by atoms with Crippen LogP contribution in [0.2, 0.25) is 0 Å². The van der Waals surface area contributed by atoms with E-state index in [1.807, 2.05) is 11.3 Å². The van der Waals surface area contributed by atoms with Crippen LogP contribution in [0.15, 0.2) is 0 Å². The second kappa shape index (κ2) is 5.78. The molecule has 2 unspecified atom stereocenters. The minimum Gasteiger partial charge on any atom is -0.374 e. The summed E-state index contributed by atoms with van der Waals surface area (Å²) in [6.07, 6.45) is 0.313. The molecule has 0 aliphatic carbocycles. The number of alkyl halides is 1. The topological polar surface area (TPSA) is 25.4 Å². The molecule has 2 atom stereocenters. The lowest BCUT2D eigenvalue weighted by molar-refractivity contribution is -0.0500. The van der Waals surface area contributed by atoms with Gasteiger partial charge in [-0.05, 0) is 20.8 Å². The van der Waals surface area contributed by atoms with Gasteiger partial charge in [-0.25, -0.2) is 4.98 Å². The zero-order valence-electron chi connectivity index (χ0n) is 10.6. The van der Waals surface area contributed by atoms with Crippen molar-refractivity contribution in [1.29, 1.82) is 0 Å². The van der Waals surface area contributed by atoms with Gasteiger partial charge in [-0.3, -0.25) is 4.90 Å². The first-order chi connectivity index (χ1) is 8.10. The summed E-state index contributed by atoms with van der Waals surface area (Å²) >= 11 is 5.31. The van der Waals surface area contributed by atoms with Crippen LogP contribution in [0.25, 0.3) is 0 Å². The van der Waals surface area contributed by atoms with Crippen LogP contribution in [0.4, 0.5) is 0 Å². The van der Waals surface area contributed by atoms with Crippen molar-refractivity contribution >= 4 is 27.3 Å². The second-order valence-corrected chi connectivity index (χ2v) is 6.57. The molecule has 0 saturated carbocycles. The molecule has 17 heavy (non-hydrogen) atoms. The van der Waals surface area contributed by atoms with E-state index >= 15 is 0 Å². The van der Waals surface area contributed by atoms with E-state index in [0.717, 1.165) is 25.0 Å². The van der Waals surface area contributed by atoms with Crippen molar-refractivity contribution in [2.24, 2.45) is 0 Å². The monoisotopic (exact) mass is 318 g/mol. The molecule has 2 rings (SSSR count). The van der Waals surface area contributed by atoms with Gasteiger partial charge in [-0.15, -0.1) is 11.3 Å². The highest BCUT2D eigenvalue weighted by molar-refractivity contribution is 9.09. The minimum atomic E-state index is 0.313. The quantitative estimate of drug-likeness (QED) is 0.801. The second-order valence-electron chi connectivity index (χ2n) is 4.64. The first-order valence-corrected chi connectivity index (χ1v) is 7.88. The average Bonchev–Trinajstić information content (AvgIpc) is 2.61. The zero-order chi connectivity index (χ0) is 12.4. The molecule has 3 nitrogen and oxygen atoms in total. The molecule has 0 N–H and O–H groups in total. The van der Waals surface area contributed by atoms with E-state index in [-0.39, 0.29) is 0 Å². The Hall–Kier alpha value is 0.0300. The lowest BCUT2D eigenvalue weighted by Gasteiger charge is -2.36. The van der Waals surface area contributed by atoms with Gasteiger partial charge in [-0.1, -0.05) is 15.9 Å². The maximum absolute atomic E-state index is 5.73. The Morgan fingerprint density at radius 1 is 1.53 bits per heavy atom. The van der Waals surface area contributed by atoms with Crippen LogP contribution in [0.1, 0.15) is 22.5 Å². The zero-order valence-corrected chi connectivity index (χ0v) is 13.0. The van der Waals surface area contributed by atoms with Crippen molar-refractivity contribution < 1.29 is 4.74 Å². The lowest BCUT2D eigenvalue weighted by atomic mass is 10.2. The maximum Gasteiger partial charge on any atom is 0.107 e. The van der Waals surface area contributed by atoms with Gasteiger partial charge in [0.15, 0.2) is 0 Å². The van der Waals surface area contributed by atoms with Gasteiger partial charge in [0.25, 0.3) is 0 Å². The Bertz CT molecular complexity index is 363. The molecular formula is C12H19BrN2OS. The summed E-state index contributed by atoms with van der Waals surface area (Å²) in [6.45, 7) is 9.20. The van der Waals surface area contributed by atoms with Crippen LogP contribution in [0.5, 0.6) is 0 Å². The van der Waals surface area contributed by atoms with Crippen LogP contribution in [-0.4, -0.2) is 40.5 Å². The molecule has 1 saturated heterocycles. The summed E-state index contributed by atoms with van der Waals surface area (Å²) in [4.78, 5) is 8.41. The van der Waals surface area contributed by atoms with Crippen LogP contribution in [0, 0.1) is 13.8 Å². The smallest absolute Gasteiger partial charge is 0.107 e. The molecule has 1 aromatic heterocycles. The van der Waals surface area contributed by atoms with Gasteiger partial charge in [0.1, 0.15) is 5.01 Å². The van der Waals surface area contributed by atoms with Crippen LogP contribution < -0.4 is 0 Å². The fourth-order valence-corrected chi connectivity index (χ4v) is 3.32. The number of aryl methyl sites for hydroxylation is 2. The Balaban J connectivity index is 2.01. The van der Waals surface area contributed by atoms with Crippen molar-refractivity contribution in [2.75, 3.05) is 18.5 Å². The molecule has 1 aromatic rings. The largest absolute Gasteiger partial charge is 0.374 e. The number of rotatable bonds is 3. The Labute approximate surface area is 115 Å². The van der Waals surface area contributed by atoms with Gasteiger partial charge in [0.2, 0.25) is 0 Å². The summed E-state index contributed by atoms with van der Waals surface area (Å²) in [5.74, 6) is 0. The fraction of sp³-hybridized carbons (Fsp3) is 0.750. The predicted octanol–water partition coefficient (Wildman–Crippen LogP) is 2.74. The van der Waals surface area contributed by atoms with Crippen molar-refractivity contribution in [3.63, 3.8) is 0 Å². The van der Waals surface area contributed by atoms with E-state index < -0.39 is 0 Å². The molecule has 0 bridgehead atoms. The van der Waals surface area contributed by atoms with Gasteiger partial charge in [0.05, 0.1) is 24.9 Å². The summed E-state index contributed by atoms with van der Waals surface area (Å²) < 4.78 is 5.73. The molecule has 1 aliphatic rings. The van der Waals surface area contributed by atoms with E-state index in [0.29, 0.717) is 12.1 Å². The van der Waals surface area contributed by atoms with E-state index in [2.05, 4.69) is 46.6 Å². The third kappa shape index (κ3) is 3.28. The highest BCUT2D eigenvalue weighted by atomic mass is 79.9. The number of hydrogen-bond acceptors (Lipinski definition) is 4. The van der Waals surface area contributed by atoms with Crippen molar-refractivity contribution in [1.82, 2.24) is 9.88 Å². The highest BCUT2D eigenvalue weighted by Crippen LogP contribution is 2.21. The predicted molar refractivity (Wildman–Crippen MR) is 75.0 cm³/mol. The maximum atomic E-state index is 5.73. The minimum absolute atomic E-state index is 0.313. The van der Waals surface area contributed by atoms with Crippen molar-refractivity contribution in [2.45, 2.75) is 39.5 Å². The first-order valence-electron chi connectivity index (χ1n) is 5.94. The summed E-state index contributed by atoms with van der Waals surface area (Å²) in [6, 6.07) is 0.481. The molecule has 1 fully saturated rings. The van der Waals surface area contributed by atoms with E-state index in [1.165, 1.54) is 15.6 Å². The van der Waals surface area contributed by atoms with Gasteiger partial charge < -0.3 is 4.74 Å². The number of halogens is 1. The van der Waals surface area contributed by atoms with Crippen LogP contribution >= 0.6 is 27.3 Å². The molecule has 1 aliphatic heterocycles. The van der Waals surface area contributed by atoms with Crippen molar-refractivity contribution in [3.8, 4) is 0 Å². The fourth-order valence-electron chi connectivity index (χ4n) is 1.97. The number of hydrogen-bond donors (Lipinski definition) is 0.